The molecule has 2 N–H and O–H groups in total. The number of fused-ring (bicyclic) bond motifs is 1. The molecule has 4 aromatic rings. The number of aromatic nitrogens is 4. The molecule has 0 unspecified atom stereocenters. The fourth-order valence-electron chi connectivity index (χ4n) is 2.60. The predicted octanol–water partition coefficient (Wildman–Crippen LogP) is 1.90. The minimum atomic E-state index is -0.532. The highest BCUT2D eigenvalue weighted by Gasteiger charge is 2.17. The summed E-state index contributed by atoms with van der Waals surface area (Å²) in [7, 11) is 1.77. The molecule has 0 aliphatic heterocycles. The van der Waals surface area contributed by atoms with Crippen LogP contribution in [0, 0.1) is 0 Å². The maximum atomic E-state index is 12.6. The average molecular weight is 323 g/mol. The van der Waals surface area contributed by atoms with Crippen LogP contribution in [-0.4, -0.2) is 25.2 Å². The highest BCUT2D eigenvalue weighted by atomic mass is 16.4. The third-order valence-corrected chi connectivity index (χ3v) is 3.68. The molecule has 1 aromatic carbocycles. The van der Waals surface area contributed by atoms with Crippen LogP contribution < -0.4 is 11.1 Å². The van der Waals surface area contributed by atoms with Gasteiger partial charge in [-0.25, -0.2) is 4.79 Å². The molecule has 3 aromatic heterocycles. The van der Waals surface area contributed by atoms with Crippen LogP contribution in [0.1, 0.15) is 10.4 Å². The van der Waals surface area contributed by atoms with Gasteiger partial charge in [0.1, 0.15) is 11.4 Å². The van der Waals surface area contributed by atoms with Gasteiger partial charge in [0.05, 0.1) is 11.7 Å². The molecular formula is C16H13N5O3. The van der Waals surface area contributed by atoms with Gasteiger partial charge in [0.2, 0.25) is 0 Å². The first-order valence-electron chi connectivity index (χ1n) is 7.21. The maximum absolute atomic E-state index is 12.6. The largest absolute Gasteiger partial charge is 0.417 e. The van der Waals surface area contributed by atoms with E-state index in [0.717, 1.165) is 0 Å². The molecule has 0 saturated carbocycles. The lowest BCUT2D eigenvalue weighted by molar-refractivity contribution is 0.102. The first kappa shape index (κ1) is 14.1. The highest BCUT2D eigenvalue weighted by Crippen LogP contribution is 2.19. The van der Waals surface area contributed by atoms with Crippen molar-refractivity contribution in [1.82, 2.24) is 19.3 Å². The molecule has 3 heterocycles. The van der Waals surface area contributed by atoms with Gasteiger partial charge in [-0.05, 0) is 30.3 Å². The lowest BCUT2D eigenvalue weighted by Gasteiger charge is -2.08. The van der Waals surface area contributed by atoms with Crippen LogP contribution >= 0.6 is 0 Å². The van der Waals surface area contributed by atoms with Crippen molar-refractivity contribution < 1.29 is 9.21 Å². The molecule has 120 valence electrons. The fourth-order valence-corrected chi connectivity index (χ4v) is 2.60. The number of rotatable bonds is 3. The summed E-state index contributed by atoms with van der Waals surface area (Å²) in [6.45, 7) is 0. The highest BCUT2D eigenvalue weighted by molar-refractivity contribution is 6.06. The standard InChI is InChI=1S/C16H13N5O3/c1-20-15(21-6-2-3-7-21)11(9-17-20)14(22)18-10-4-5-13-12(8-10)19-16(23)24-13/h2-9H,1H3,(H,18,22)(H,19,23). The summed E-state index contributed by atoms with van der Waals surface area (Å²) in [5, 5.41) is 6.97. The number of nitrogens with one attached hydrogen (secondary N) is 2. The van der Waals surface area contributed by atoms with E-state index in [1.54, 1.807) is 29.9 Å². The van der Waals surface area contributed by atoms with Crippen molar-refractivity contribution >= 4 is 22.7 Å². The zero-order chi connectivity index (χ0) is 16.7. The molecule has 0 aliphatic carbocycles. The van der Waals surface area contributed by atoms with Gasteiger partial charge in [-0.15, -0.1) is 0 Å². The molecule has 1 amide bonds. The van der Waals surface area contributed by atoms with Crippen molar-refractivity contribution in [2.45, 2.75) is 0 Å². The van der Waals surface area contributed by atoms with Crippen LogP contribution in [0.2, 0.25) is 0 Å². The number of hydrogen-bond acceptors (Lipinski definition) is 4. The summed E-state index contributed by atoms with van der Waals surface area (Å²) < 4.78 is 8.39. The van der Waals surface area contributed by atoms with Gasteiger partial charge >= 0.3 is 5.76 Å². The molecule has 0 fully saturated rings. The number of benzene rings is 1. The molecule has 0 aliphatic rings. The van der Waals surface area contributed by atoms with E-state index in [-0.39, 0.29) is 5.91 Å². The van der Waals surface area contributed by atoms with E-state index in [0.29, 0.717) is 28.2 Å². The normalized spacial score (nSPS) is 11.0. The molecule has 0 bridgehead atoms. The minimum absolute atomic E-state index is 0.294. The molecule has 24 heavy (non-hydrogen) atoms. The lowest BCUT2D eigenvalue weighted by Crippen LogP contribution is -2.14. The number of oxazole rings is 1. The zero-order valence-corrected chi connectivity index (χ0v) is 12.7. The van der Waals surface area contributed by atoms with Crippen molar-refractivity contribution in [3.8, 4) is 5.82 Å². The number of amides is 1. The fraction of sp³-hybridized carbons (Fsp3) is 0.0625. The third-order valence-electron chi connectivity index (χ3n) is 3.68. The minimum Gasteiger partial charge on any atom is -0.408 e. The van der Waals surface area contributed by atoms with Crippen molar-refractivity contribution in [3.63, 3.8) is 0 Å². The van der Waals surface area contributed by atoms with Crippen molar-refractivity contribution in [3.05, 3.63) is 65.0 Å². The first-order chi connectivity index (χ1) is 11.6. The van der Waals surface area contributed by atoms with Gasteiger partial charge in [-0.3, -0.25) is 14.5 Å². The Morgan fingerprint density at radius 1 is 1.29 bits per heavy atom. The van der Waals surface area contributed by atoms with E-state index in [9.17, 15) is 9.59 Å². The number of anilines is 1. The summed E-state index contributed by atoms with van der Waals surface area (Å²) >= 11 is 0. The van der Waals surface area contributed by atoms with Gasteiger partial charge in [0.25, 0.3) is 5.91 Å². The monoisotopic (exact) mass is 323 g/mol. The smallest absolute Gasteiger partial charge is 0.408 e. The van der Waals surface area contributed by atoms with E-state index in [1.165, 1.54) is 6.20 Å². The van der Waals surface area contributed by atoms with E-state index in [1.807, 2.05) is 29.1 Å². The number of hydrogen-bond donors (Lipinski definition) is 2. The Morgan fingerprint density at radius 3 is 2.88 bits per heavy atom. The second-order valence-corrected chi connectivity index (χ2v) is 5.28. The van der Waals surface area contributed by atoms with E-state index in [2.05, 4.69) is 15.4 Å². The molecule has 0 saturated heterocycles. The Hall–Kier alpha value is -3.55. The van der Waals surface area contributed by atoms with Gasteiger partial charge in [0, 0.05) is 25.1 Å². The van der Waals surface area contributed by atoms with Crippen LogP contribution in [0.25, 0.3) is 16.9 Å². The van der Waals surface area contributed by atoms with Crippen LogP contribution in [0.5, 0.6) is 0 Å². The molecular weight excluding hydrogens is 310 g/mol. The number of carbonyl (C=O) groups is 1. The zero-order valence-electron chi connectivity index (χ0n) is 12.7. The third kappa shape index (κ3) is 2.30. The Balaban J connectivity index is 1.68. The Bertz CT molecular complexity index is 1080. The molecule has 0 spiro atoms. The Morgan fingerprint density at radius 2 is 2.08 bits per heavy atom. The molecule has 0 atom stereocenters. The van der Waals surface area contributed by atoms with Crippen molar-refractivity contribution in [2.75, 3.05) is 5.32 Å². The van der Waals surface area contributed by atoms with Crippen LogP contribution in [0.3, 0.4) is 0 Å². The Labute approximate surface area is 135 Å². The molecule has 8 nitrogen and oxygen atoms in total. The topological polar surface area (TPSA) is 97.8 Å². The summed E-state index contributed by atoms with van der Waals surface area (Å²) in [6.07, 6.45) is 5.20. The first-order valence-corrected chi connectivity index (χ1v) is 7.21. The maximum Gasteiger partial charge on any atom is 0.417 e. The van der Waals surface area contributed by atoms with Gasteiger partial charge in [-0.2, -0.15) is 5.10 Å². The van der Waals surface area contributed by atoms with Crippen LogP contribution in [0.15, 0.2) is 58.1 Å². The number of aryl methyl sites for hydroxylation is 1. The van der Waals surface area contributed by atoms with Gasteiger partial charge in [0.15, 0.2) is 5.58 Å². The predicted molar refractivity (Wildman–Crippen MR) is 87.3 cm³/mol. The molecule has 4 rings (SSSR count). The van der Waals surface area contributed by atoms with Crippen molar-refractivity contribution in [1.29, 1.82) is 0 Å². The van der Waals surface area contributed by atoms with Gasteiger partial charge in [-0.1, -0.05) is 0 Å². The number of carbonyl (C=O) groups excluding carboxylic acids is 1. The van der Waals surface area contributed by atoms with Gasteiger partial charge < -0.3 is 14.3 Å². The SMILES string of the molecule is Cn1ncc(C(=O)Nc2ccc3oc(=O)[nH]c3c2)c1-n1cccc1. The quantitative estimate of drug-likeness (QED) is 0.601. The Kier molecular flexibility index (Phi) is 3.09. The number of H-pyrrole nitrogens is 1. The molecule has 8 heteroatoms. The summed E-state index contributed by atoms with van der Waals surface area (Å²) in [5.74, 6) is -0.164. The lowest BCUT2D eigenvalue weighted by atomic mass is 10.2. The summed E-state index contributed by atoms with van der Waals surface area (Å²) in [4.78, 5) is 26.4. The van der Waals surface area contributed by atoms with E-state index < -0.39 is 5.76 Å². The van der Waals surface area contributed by atoms with Crippen LogP contribution in [-0.2, 0) is 7.05 Å². The second kappa shape index (κ2) is 5.27. The van der Waals surface area contributed by atoms with E-state index >= 15 is 0 Å². The van der Waals surface area contributed by atoms with Crippen molar-refractivity contribution in [2.24, 2.45) is 7.05 Å². The second-order valence-electron chi connectivity index (χ2n) is 5.28. The number of aromatic amines is 1. The summed E-state index contributed by atoms with van der Waals surface area (Å²) in [6, 6.07) is 8.68. The number of nitrogens with zero attached hydrogens (tertiary/aromatic N) is 3. The van der Waals surface area contributed by atoms with E-state index in [4.69, 9.17) is 4.42 Å². The average Bonchev–Trinajstić information content (AvgIpc) is 3.25. The molecule has 0 radical (unpaired) electrons. The van der Waals surface area contributed by atoms with Crippen LogP contribution in [0.4, 0.5) is 5.69 Å². The summed E-state index contributed by atoms with van der Waals surface area (Å²) in [5.41, 5.74) is 1.95.